The van der Waals surface area contributed by atoms with Crippen molar-refractivity contribution in [3.8, 4) is 0 Å². The summed E-state index contributed by atoms with van der Waals surface area (Å²) in [6.07, 6.45) is 0. The zero-order valence-electron chi connectivity index (χ0n) is 13.4. The largest absolute Gasteiger partial charge is 0.356 e. The van der Waals surface area contributed by atoms with E-state index >= 15 is 0 Å². The molecule has 0 saturated carbocycles. The molecule has 5 nitrogen and oxygen atoms in total. The highest BCUT2D eigenvalue weighted by molar-refractivity contribution is 8.01. The van der Waals surface area contributed by atoms with E-state index < -0.39 is 5.82 Å². The molecule has 0 aliphatic carbocycles. The molecule has 0 aliphatic rings. The maximum absolute atomic E-state index is 13.1. The Labute approximate surface area is 163 Å². The van der Waals surface area contributed by atoms with Gasteiger partial charge in [0.1, 0.15) is 5.82 Å². The Morgan fingerprint density at radius 1 is 1.19 bits per heavy atom. The average Bonchev–Trinajstić information content (AvgIpc) is 3.10. The Kier molecular flexibility index (Phi) is 6.43. The van der Waals surface area contributed by atoms with Gasteiger partial charge in [-0.1, -0.05) is 65.0 Å². The summed E-state index contributed by atoms with van der Waals surface area (Å²) in [6.45, 7) is 0.659. The van der Waals surface area contributed by atoms with Crippen LogP contribution in [0.4, 0.5) is 15.2 Å². The molecule has 9 heteroatoms. The minimum absolute atomic E-state index is 0.0336. The third-order valence-corrected chi connectivity index (χ3v) is 5.53. The average molecular weight is 409 g/mol. The Morgan fingerprint density at radius 3 is 2.77 bits per heavy atom. The second kappa shape index (κ2) is 8.98. The van der Waals surface area contributed by atoms with Crippen LogP contribution in [0.3, 0.4) is 0 Å². The van der Waals surface area contributed by atoms with Gasteiger partial charge in [0, 0.05) is 12.2 Å². The lowest BCUT2D eigenvalue weighted by atomic mass is 10.2. The maximum atomic E-state index is 13.1. The lowest BCUT2D eigenvalue weighted by molar-refractivity contribution is -0.113. The summed E-state index contributed by atoms with van der Waals surface area (Å²) in [4.78, 5) is 12.0. The van der Waals surface area contributed by atoms with Gasteiger partial charge in [0.2, 0.25) is 11.0 Å². The van der Waals surface area contributed by atoms with Gasteiger partial charge in [-0.15, -0.1) is 10.2 Å². The summed E-state index contributed by atoms with van der Waals surface area (Å²) in [6, 6.07) is 14.0. The molecular formula is C17H14ClFN4OS2. The fourth-order valence-corrected chi connectivity index (χ4v) is 3.74. The van der Waals surface area contributed by atoms with Gasteiger partial charge in [0.15, 0.2) is 4.34 Å². The SMILES string of the molecule is O=C(CSc1nnc(NCc2ccccc2)s1)Nc1ccc(F)c(Cl)c1. The molecule has 0 bridgehead atoms. The molecule has 0 spiro atoms. The van der Waals surface area contributed by atoms with Gasteiger partial charge in [0.25, 0.3) is 0 Å². The van der Waals surface area contributed by atoms with Crippen molar-refractivity contribution in [3.05, 3.63) is 64.9 Å². The first-order valence-corrected chi connectivity index (χ1v) is 9.77. The van der Waals surface area contributed by atoms with Gasteiger partial charge < -0.3 is 10.6 Å². The second-order valence-corrected chi connectivity index (χ2v) is 7.79. The zero-order chi connectivity index (χ0) is 18.4. The van der Waals surface area contributed by atoms with Crippen molar-refractivity contribution in [2.45, 2.75) is 10.9 Å². The first-order valence-electron chi connectivity index (χ1n) is 7.59. The van der Waals surface area contributed by atoms with Crippen LogP contribution in [0.25, 0.3) is 0 Å². The van der Waals surface area contributed by atoms with E-state index in [2.05, 4.69) is 20.8 Å². The lowest BCUT2D eigenvalue weighted by Gasteiger charge is -2.04. The molecule has 134 valence electrons. The van der Waals surface area contributed by atoms with Gasteiger partial charge in [-0.05, 0) is 23.8 Å². The number of nitrogens with one attached hydrogen (secondary N) is 2. The van der Waals surface area contributed by atoms with Crippen molar-refractivity contribution in [1.82, 2.24) is 10.2 Å². The predicted molar refractivity (Wildman–Crippen MR) is 104 cm³/mol. The van der Waals surface area contributed by atoms with Crippen LogP contribution in [0, 0.1) is 5.82 Å². The molecule has 0 saturated heterocycles. The van der Waals surface area contributed by atoms with E-state index in [0.29, 0.717) is 21.7 Å². The number of carbonyl (C=O) groups excluding carboxylic acids is 1. The van der Waals surface area contributed by atoms with E-state index in [1.165, 1.54) is 41.3 Å². The molecule has 3 rings (SSSR count). The van der Waals surface area contributed by atoms with Crippen molar-refractivity contribution < 1.29 is 9.18 Å². The fourth-order valence-electron chi connectivity index (χ4n) is 2.01. The highest BCUT2D eigenvalue weighted by Crippen LogP contribution is 2.26. The molecule has 1 heterocycles. The molecule has 0 unspecified atom stereocenters. The van der Waals surface area contributed by atoms with Crippen molar-refractivity contribution in [1.29, 1.82) is 0 Å². The van der Waals surface area contributed by atoms with Crippen LogP contribution in [-0.4, -0.2) is 21.9 Å². The number of hydrogen-bond donors (Lipinski definition) is 2. The summed E-state index contributed by atoms with van der Waals surface area (Å²) in [5, 5.41) is 14.6. The molecule has 1 amide bonds. The second-order valence-electron chi connectivity index (χ2n) is 5.18. The van der Waals surface area contributed by atoms with Gasteiger partial charge >= 0.3 is 0 Å². The number of rotatable bonds is 7. The van der Waals surface area contributed by atoms with Crippen LogP contribution >= 0.6 is 34.7 Å². The Morgan fingerprint density at radius 2 is 2.00 bits per heavy atom. The highest BCUT2D eigenvalue weighted by atomic mass is 35.5. The van der Waals surface area contributed by atoms with E-state index in [9.17, 15) is 9.18 Å². The zero-order valence-corrected chi connectivity index (χ0v) is 15.8. The number of amides is 1. The van der Waals surface area contributed by atoms with Crippen molar-refractivity contribution in [2.75, 3.05) is 16.4 Å². The molecule has 3 aromatic rings. The first kappa shape index (κ1) is 18.6. The van der Waals surface area contributed by atoms with Crippen molar-refractivity contribution in [2.24, 2.45) is 0 Å². The van der Waals surface area contributed by atoms with Gasteiger partial charge in [0.05, 0.1) is 10.8 Å². The molecule has 2 N–H and O–H groups in total. The Hall–Kier alpha value is -2.16. The van der Waals surface area contributed by atoms with E-state index in [0.717, 1.165) is 5.56 Å². The third kappa shape index (κ3) is 5.42. The Balaban J connectivity index is 1.46. The molecule has 0 aliphatic heterocycles. The topological polar surface area (TPSA) is 66.9 Å². The molecule has 0 fully saturated rings. The highest BCUT2D eigenvalue weighted by Gasteiger charge is 2.09. The number of carbonyl (C=O) groups is 1. The van der Waals surface area contributed by atoms with E-state index in [-0.39, 0.29) is 16.7 Å². The smallest absolute Gasteiger partial charge is 0.234 e. The Bertz CT molecular complexity index is 891. The van der Waals surface area contributed by atoms with E-state index in [1.54, 1.807) is 0 Å². The number of thioether (sulfide) groups is 1. The molecule has 0 radical (unpaired) electrons. The van der Waals surface area contributed by atoms with Gasteiger partial charge in [-0.3, -0.25) is 4.79 Å². The molecule has 1 aromatic heterocycles. The van der Waals surface area contributed by atoms with E-state index in [4.69, 9.17) is 11.6 Å². The molecule has 26 heavy (non-hydrogen) atoms. The van der Waals surface area contributed by atoms with Crippen LogP contribution in [0.2, 0.25) is 5.02 Å². The number of halogens is 2. The van der Waals surface area contributed by atoms with Gasteiger partial charge in [-0.25, -0.2) is 4.39 Å². The fraction of sp³-hybridized carbons (Fsp3) is 0.118. The maximum Gasteiger partial charge on any atom is 0.234 e. The standard InChI is InChI=1S/C17H14ClFN4OS2/c18-13-8-12(6-7-14(13)19)21-15(24)10-25-17-23-22-16(26-17)20-9-11-4-2-1-3-5-11/h1-8H,9-10H2,(H,20,22)(H,21,24). The quantitative estimate of drug-likeness (QED) is 0.556. The number of aromatic nitrogens is 2. The third-order valence-electron chi connectivity index (χ3n) is 3.22. The molecular weight excluding hydrogens is 395 g/mol. The number of hydrogen-bond acceptors (Lipinski definition) is 6. The van der Waals surface area contributed by atoms with Crippen LogP contribution in [0.1, 0.15) is 5.56 Å². The monoisotopic (exact) mass is 408 g/mol. The number of anilines is 2. The van der Waals surface area contributed by atoms with Crippen LogP contribution < -0.4 is 10.6 Å². The number of benzene rings is 2. The summed E-state index contributed by atoms with van der Waals surface area (Å²) >= 11 is 8.36. The van der Waals surface area contributed by atoms with Crippen molar-refractivity contribution in [3.63, 3.8) is 0 Å². The minimum atomic E-state index is -0.525. The first-order chi connectivity index (χ1) is 12.6. The van der Waals surface area contributed by atoms with E-state index in [1.807, 2.05) is 30.3 Å². The molecule has 2 aromatic carbocycles. The summed E-state index contributed by atoms with van der Waals surface area (Å²) in [5.41, 5.74) is 1.60. The van der Waals surface area contributed by atoms with Gasteiger partial charge in [-0.2, -0.15) is 0 Å². The molecule has 0 atom stereocenters. The summed E-state index contributed by atoms with van der Waals surface area (Å²) < 4.78 is 13.8. The normalized spacial score (nSPS) is 10.5. The predicted octanol–water partition coefficient (Wildman–Crippen LogP) is 4.67. The minimum Gasteiger partial charge on any atom is -0.356 e. The lowest BCUT2D eigenvalue weighted by Crippen LogP contribution is -2.13. The number of nitrogens with zero attached hydrogens (tertiary/aromatic N) is 2. The van der Waals surface area contributed by atoms with Crippen LogP contribution in [-0.2, 0) is 11.3 Å². The summed E-state index contributed by atoms with van der Waals surface area (Å²) in [7, 11) is 0. The van der Waals surface area contributed by atoms with Crippen LogP contribution in [0.5, 0.6) is 0 Å². The summed E-state index contributed by atoms with van der Waals surface area (Å²) in [5.74, 6) is -0.586. The van der Waals surface area contributed by atoms with Crippen LogP contribution in [0.15, 0.2) is 52.9 Å². The van der Waals surface area contributed by atoms with Crippen molar-refractivity contribution >= 4 is 51.4 Å².